The van der Waals surface area contributed by atoms with Gasteiger partial charge >= 0.3 is 0 Å². The van der Waals surface area contributed by atoms with Crippen molar-refractivity contribution in [2.45, 2.75) is 34.6 Å². The van der Waals surface area contributed by atoms with Gasteiger partial charge in [-0.05, 0) is 104 Å². The molecule has 0 aliphatic carbocycles. The number of nitrogens with zero attached hydrogens (tertiary/aromatic N) is 4. The van der Waals surface area contributed by atoms with Crippen LogP contribution in [0.1, 0.15) is 28.1 Å². The van der Waals surface area contributed by atoms with Crippen LogP contribution in [0.15, 0.2) is 108 Å². The third-order valence-corrected chi connectivity index (χ3v) is 8.16. The van der Waals surface area contributed by atoms with E-state index in [1.165, 1.54) is 16.7 Å². The maximum atomic E-state index is 6.20. The van der Waals surface area contributed by atoms with E-state index in [4.69, 9.17) is 9.40 Å². The first-order valence-electron chi connectivity index (χ1n) is 15.3. The van der Waals surface area contributed by atoms with E-state index in [1.807, 2.05) is 81.7 Å². The number of pyridine rings is 4. The van der Waals surface area contributed by atoms with E-state index < -0.39 is 0 Å². The molecule has 0 aliphatic rings. The minimum Gasteiger partial charge on any atom is -0.486 e. The average molecular weight is 789 g/mol. The Bertz CT molecular complexity index is 2360. The van der Waals surface area contributed by atoms with Gasteiger partial charge in [0.1, 0.15) is 0 Å². The van der Waals surface area contributed by atoms with Crippen molar-refractivity contribution in [1.82, 2.24) is 19.9 Å². The van der Waals surface area contributed by atoms with Gasteiger partial charge in [0, 0.05) is 54.7 Å². The molecule has 5 aromatic heterocycles. The molecule has 8 aromatic rings. The van der Waals surface area contributed by atoms with Crippen LogP contribution in [-0.4, -0.2) is 19.9 Å². The first kappa shape index (κ1) is 31.9. The van der Waals surface area contributed by atoms with Crippen LogP contribution in [0.4, 0.5) is 0 Å². The molecule has 5 heterocycles. The van der Waals surface area contributed by atoms with E-state index in [1.54, 1.807) is 0 Å². The smallest absolute Gasteiger partial charge is 0.216 e. The Hall–Kier alpha value is -5.03. The molecule has 0 saturated carbocycles. The van der Waals surface area contributed by atoms with Gasteiger partial charge in [-0.2, -0.15) is 0 Å². The minimum atomic E-state index is 0. The van der Waals surface area contributed by atoms with Crippen molar-refractivity contribution in [2.75, 3.05) is 0 Å². The molecule has 5 nitrogen and oxygen atoms in total. The summed E-state index contributed by atoms with van der Waals surface area (Å²) in [6, 6.07) is 37.2. The Morgan fingerprint density at radius 3 is 2.19 bits per heavy atom. The number of fused-ring (bicyclic) bond motifs is 4. The van der Waals surface area contributed by atoms with Crippen molar-refractivity contribution >= 4 is 33.0 Å². The molecule has 0 atom stereocenters. The molecule has 3 aromatic carbocycles. The monoisotopic (exact) mass is 789 g/mol. The number of rotatable bonds is 3. The summed E-state index contributed by atoms with van der Waals surface area (Å²) >= 11 is 0. The Kier molecular flexibility index (Phi) is 9.08. The number of aryl methyl sites for hydroxylation is 5. The van der Waals surface area contributed by atoms with Crippen molar-refractivity contribution in [3.63, 3.8) is 0 Å². The quantitative estimate of drug-likeness (QED) is 0.167. The fourth-order valence-corrected chi connectivity index (χ4v) is 5.70. The summed E-state index contributed by atoms with van der Waals surface area (Å²) in [5.74, 6) is 0. The Morgan fingerprint density at radius 1 is 0.617 bits per heavy atom. The fourth-order valence-electron chi connectivity index (χ4n) is 5.70. The minimum absolute atomic E-state index is 0. The summed E-state index contributed by atoms with van der Waals surface area (Å²) in [6.07, 6.45) is 3.80. The van der Waals surface area contributed by atoms with Crippen LogP contribution < -0.4 is 0 Å². The van der Waals surface area contributed by atoms with E-state index in [9.17, 15) is 0 Å². The van der Waals surface area contributed by atoms with Crippen LogP contribution >= 0.6 is 0 Å². The number of furan rings is 1. The van der Waals surface area contributed by atoms with Crippen LogP contribution in [0.3, 0.4) is 0 Å². The summed E-state index contributed by atoms with van der Waals surface area (Å²) in [5, 5.41) is 3.16. The van der Waals surface area contributed by atoms with E-state index in [2.05, 4.69) is 83.4 Å². The largest absolute Gasteiger partial charge is 0.486 e. The van der Waals surface area contributed by atoms with Crippen molar-refractivity contribution < 1.29 is 24.5 Å². The zero-order valence-electron chi connectivity index (χ0n) is 26.8. The molecule has 0 aliphatic heterocycles. The van der Waals surface area contributed by atoms with E-state index in [-0.39, 0.29) is 20.1 Å². The Labute approximate surface area is 288 Å². The van der Waals surface area contributed by atoms with Crippen molar-refractivity contribution in [3.8, 4) is 33.6 Å². The number of hydrogen-bond acceptors (Lipinski definition) is 5. The maximum Gasteiger partial charge on any atom is 0.216 e. The van der Waals surface area contributed by atoms with Crippen molar-refractivity contribution in [2.24, 2.45) is 0 Å². The number of benzene rings is 3. The summed E-state index contributed by atoms with van der Waals surface area (Å²) < 4.78 is 6.20. The van der Waals surface area contributed by atoms with Gasteiger partial charge in [-0.15, -0.1) is 54.1 Å². The molecule has 47 heavy (non-hydrogen) atoms. The standard InChI is InChI=1S/C29H22N3O.C12H10N.Ir/c1-16-12-26-20(10-8-18(3)31-26)13-24(16)25-14-27(30-15-17(25)2)23-7-5-6-21-22-11-9-19(4)32-29(22)33-28(21)23;1-10-7-8-12(13-9-10)11-5-3-2-4-6-11;/h5-6,8-15H,1-4H3;2-5,7-9H,1H3;/q2*-1;. The van der Waals surface area contributed by atoms with Crippen molar-refractivity contribution in [1.29, 1.82) is 0 Å². The normalized spacial score (nSPS) is 10.9. The maximum absolute atomic E-state index is 6.20. The van der Waals surface area contributed by atoms with E-state index in [0.717, 1.165) is 72.3 Å². The first-order chi connectivity index (χ1) is 22.3. The van der Waals surface area contributed by atoms with Crippen LogP contribution in [0, 0.1) is 46.8 Å². The zero-order chi connectivity index (χ0) is 31.8. The van der Waals surface area contributed by atoms with Gasteiger partial charge in [-0.1, -0.05) is 35.2 Å². The topological polar surface area (TPSA) is 64.7 Å². The SMILES string of the molecule is Cc1ccc(-c2[c-]cccc2)nc1.Cc1ccc2cc(-c3cc(-c4[c-]ccc5c4oc4nc(C)ccc45)ncc3C)c(C)cc2n1.[Ir]. The van der Waals surface area contributed by atoms with E-state index >= 15 is 0 Å². The van der Waals surface area contributed by atoms with Gasteiger partial charge in [0.25, 0.3) is 0 Å². The Balaban J connectivity index is 0.000000232. The molecule has 0 amide bonds. The molecule has 233 valence electrons. The predicted molar refractivity (Wildman–Crippen MR) is 187 cm³/mol. The van der Waals surface area contributed by atoms with E-state index in [0.29, 0.717) is 5.71 Å². The molecule has 0 saturated heterocycles. The second-order valence-electron chi connectivity index (χ2n) is 11.7. The molecular weight excluding hydrogens is 757 g/mol. The molecule has 8 rings (SSSR count). The second-order valence-corrected chi connectivity index (χ2v) is 11.7. The Morgan fingerprint density at radius 2 is 1.40 bits per heavy atom. The van der Waals surface area contributed by atoms with Gasteiger partial charge in [0.2, 0.25) is 5.71 Å². The molecule has 0 unspecified atom stereocenters. The van der Waals surface area contributed by atoms with Gasteiger partial charge in [-0.25, -0.2) is 4.98 Å². The van der Waals surface area contributed by atoms with Crippen LogP contribution in [0.5, 0.6) is 0 Å². The van der Waals surface area contributed by atoms with Crippen LogP contribution in [-0.2, 0) is 20.1 Å². The molecule has 0 N–H and O–H groups in total. The van der Waals surface area contributed by atoms with Crippen molar-refractivity contribution in [3.05, 3.63) is 144 Å². The molecule has 0 bridgehead atoms. The van der Waals surface area contributed by atoms with Crippen LogP contribution in [0.25, 0.3) is 66.6 Å². The first-order valence-corrected chi connectivity index (χ1v) is 15.3. The molecule has 6 heteroatoms. The summed E-state index contributed by atoms with van der Waals surface area (Å²) in [7, 11) is 0. The van der Waals surface area contributed by atoms with Gasteiger partial charge in [0.05, 0.1) is 11.1 Å². The molecular formula is C41H32IrN4O-2. The molecule has 0 fully saturated rings. The van der Waals surface area contributed by atoms with Gasteiger partial charge < -0.3 is 14.4 Å². The third kappa shape index (κ3) is 6.48. The average Bonchev–Trinajstić information content (AvgIpc) is 3.44. The summed E-state index contributed by atoms with van der Waals surface area (Å²) in [4.78, 5) is 18.3. The fraction of sp³-hybridized carbons (Fsp3) is 0.122. The van der Waals surface area contributed by atoms with Gasteiger partial charge in [-0.3, -0.25) is 4.98 Å². The summed E-state index contributed by atoms with van der Waals surface area (Å²) in [5.41, 5.74) is 13.9. The van der Waals surface area contributed by atoms with Gasteiger partial charge in [0.15, 0.2) is 0 Å². The van der Waals surface area contributed by atoms with Crippen LogP contribution in [0.2, 0.25) is 0 Å². The third-order valence-electron chi connectivity index (χ3n) is 8.16. The zero-order valence-corrected chi connectivity index (χ0v) is 29.2. The summed E-state index contributed by atoms with van der Waals surface area (Å²) in [6.45, 7) is 10.3. The molecule has 0 spiro atoms. The predicted octanol–water partition coefficient (Wildman–Crippen LogP) is 10.1. The molecule has 1 radical (unpaired) electrons. The number of hydrogen-bond donors (Lipinski definition) is 0. The number of aromatic nitrogens is 4. The second kappa shape index (κ2) is 13.4.